The summed E-state index contributed by atoms with van der Waals surface area (Å²) in [4.78, 5) is 0. The molecule has 0 aliphatic heterocycles. The van der Waals surface area contributed by atoms with Gasteiger partial charge in [-0.15, -0.1) is 0 Å². The normalized spacial score (nSPS) is 13.9. The monoisotopic (exact) mass is 422 g/mol. The van der Waals surface area contributed by atoms with E-state index in [4.69, 9.17) is 0 Å². The first-order chi connectivity index (χ1) is 16.9. The minimum atomic E-state index is 1.39. The van der Waals surface area contributed by atoms with Crippen LogP contribution in [0.4, 0.5) is 0 Å². The van der Waals surface area contributed by atoms with Gasteiger partial charge >= 0.3 is 0 Å². The second kappa shape index (κ2) is 4.49. The van der Waals surface area contributed by atoms with E-state index in [0.29, 0.717) is 0 Å². The quantitative estimate of drug-likeness (QED) is 0.168. The van der Waals surface area contributed by atoms with Gasteiger partial charge in [-0.3, -0.25) is 0 Å². The lowest BCUT2D eigenvalue weighted by Crippen LogP contribution is -1.88. The van der Waals surface area contributed by atoms with Crippen molar-refractivity contribution in [2.45, 2.75) is 0 Å². The molecule has 0 saturated carbocycles. The smallest absolute Gasteiger partial charge is 0.0000476 e. The van der Waals surface area contributed by atoms with Crippen molar-refractivity contribution >= 4 is 108 Å². The van der Waals surface area contributed by atoms with Crippen molar-refractivity contribution in [3.8, 4) is 0 Å². The molecule has 0 heterocycles. The molecule has 0 atom stereocenters. The maximum Gasteiger partial charge on any atom is -0.0000476 e. The Kier molecular flexibility index (Phi) is 2.04. The highest BCUT2D eigenvalue weighted by molar-refractivity contribution is 6.60. The Morgan fingerprint density at radius 3 is 0.559 bits per heavy atom. The second-order valence-electron chi connectivity index (χ2n) is 10.3. The van der Waals surface area contributed by atoms with Crippen molar-refractivity contribution in [2.75, 3.05) is 0 Å². The lowest BCUT2D eigenvalue weighted by Gasteiger charge is -2.17. The lowest BCUT2D eigenvalue weighted by molar-refractivity contribution is 1.84. The first-order valence-corrected chi connectivity index (χ1v) is 12.1. The van der Waals surface area contributed by atoms with E-state index in [9.17, 15) is 0 Å². The van der Waals surface area contributed by atoms with Crippen LogP contribution in [0.2, 0.25) is 0 Å². The predicted octanol–water partition coefficient (Wildman–Crippen LogP) is 9.85. The Bertz CT molecular complexity index is 2400. The highest BCUT2D eigenvalue weighted by Crippen LogP contribution is 2.59. The van der Waals surface area contributed by atoms with Crippen molar-refractivity contribution < 1.29 is 0 Å². The molecule has 0 N–H and O–H groups in total. The summed E-state index contributed by atoms with van der Waals surface area (Å²) in [5.74, 6) is 0. The molecular weight excluding hydrogens is 408 g/mol. The van der Waals surface area contributed by atoms with Gasteiger partial charge in [-0.25, -0.2) is 0 Å². The van der Waals surface area contributed by atoms with Gasteiger partial charge < -0.3 is 0 Å². The number of benzene rings is 9. The van der Waals surface area contributed by atoms with Crippen molar-refractivity contribution in [1.29, 1.82) is 0 Å². The van der Waals surface area contributed by atoms with E-state index in [1.54, 1.807) is 0 Å². The maximum atomic E-state index is 2.38. The molecule has 0 heteroatoms. The van der Waals surface area contributed by atoms with Crippen LogP contribution in [0.1, 0.15) is 0 Å². The zero-order valence-corrected chi connectivity index (χ0v) is 18.1. The standard InChI is InChI=1S/C34H14/c1-5-15-16-6-2-8-18-20-10-4-12-22-24-14-13-23-21-11-3-9-19-17(7-1)25(15)30-31(26(16)18)33(28(20)22)34(29(23)24)32(30)27(19)21/h1-14H. The highest BCUT2D eigenvalue weighted by Gasteiger charge is 2.30. The molecule has 0 fully saturated rings. The average Bonchev–Trinajstić information content (AvgIpc) is 3.49. The number of rotatable bonds is 0. The molecule has 0 unspecified atom stereocenters. The van der Waals surface area contributed by atoms with Crippen LogP contribution in [0.5, 0.6) is 0 Å². The van der Waals surface area contributed by atoms with Crippen molar-refractivity contribution in [3.05, 3.63) is 84.9 Å². The molecule has 0 aliphatic rings. The third-order valence-electron chi connectivity index (χ3n) is 9.16. The van der Waals surface area contributed by atoms with Gasteiger partial charge in [-0.05, 0) is 108 Å². The van der Waals surface area contributed by atoms with Gasteiger partial charge in [0.05, 0.1) is 0 Å². The van der Waals surface area contributed by atoms with Gasteiger partial charge in [-0.2, -0.15) is 0 Å². The van der Waals surface area contributed by atoms with E-state index in [2.05, 4.69) is 84.9 Å². The van der Waals surface area contributed by atoms with Crippen LogP contribution in [0, 0.1) is 0 Å². The SMILES string of the molecule is c1cc2c3cccc4c5cccc6c7ccc8c9cccc%10c(c1)c2c1c(c34)c(c56)c(c87)c1c%109. The van der Waals surface area contributed by atoms with Gasteiger partial charge in [0.15, 0.2) is 0 Å². The molecular formula is C34H14. The molecule has 0 aromatic heterocycles. The van der Waals surface area contributed by atoms with Gasteiger partial charge in [0.25, 0.3) is 0 Å². The Morgan fingerprint density at radius 2 is 0.353 bits per heavy atom. The molecule has 0 radical (unpaired) electrons. The molecule has 11 aromatic carbocycles. The minimum absolute atomic E-state index is 1.39. The van der Waals surface area contributed by atoms with Crippen molar-refractivity contribution in [2.24, 2.45) is 0 Å². The highest BCUT2D eigenvalue weighted by atomic mass is 14.3. The van der Waals surface area contributed by atoms with Crippen LogP contribution in [0.3, 0.4) is 0 Å². The second-order valence-corrected chi connectivity index (χ2v) is 10.3. The van der Waals surface area contributed by atoms with Crippen LogP contribution in [-0.2, 0) is 0 Å². The van der Waals surface area contributed by atoms with Crippen molar-refractivity contribution in [1.82, 2.24) is 0 Å². The Morgan fingerprint density at radius 1 is 0.176 bits per heavy atom. The Balaban J connectivity index is 1.79. The predicted molar refractivity (Wildman–Crippen MR) is 149 cm³/mol. The molecule has 34 heavy (non-hydrogen) atoms. The zero-order chi connectivity index (χ0) is 21.4. The summed E-state index contributed by atoms with van der Waals surface area (Å²) >= 11 is 0. The molecule has 0 nitrogen and oxygen atoms in total. The molecule has 0 aliphatic carbocycles. The molecule has 0 amide bonds. The van der Waals surface area contributed by atoms with Crippen LogP contribution in [0.15, 0.2) is 84.9 Å². The summed E-state index contributed by atoms with van der Waals surface area (Å²) in [7, 11) is 0. The molecule has 0 saturated heterocycles. The molecule has 11 rings (SSSR count). The summed E-state index contributed by atoms with van der Waals surface area (Å²) in [6.45, 7) is 0. The lowest BCUT2D eigenvalue weighted by atomic mass is 9.85. The fourth-order valence-corrected chi connectivity index (χ4v) is 8.15. The summed E-state index contributed by atoms with van der Waals surface area (Å²) < 4.78 is 0. The van der Waals surface area contributed by atoms with Crippen LogP contribution in [0.25, 0.3) is 108 Å². The van der Waals surface area contributed by atoms with Crippen molar-refractivity contribution in [3.63, 3.8) is 0 Å². The average molecular weight is 422 g/mol. The third-order valence-corrected chi connectivity index (χ3v) is 9.16. The topological polar surface area (TPSA) is 0 Å². The van der Waals surface area contributed by atoms with Crippen LogP contribution >= 0.6 is 0 Å². The Hall–Kier alpha value is -4.42. The van der Waals surface area contributed by atoms with Gasteiger partial charge in [-0.1, -0.05) is 84.9 Å². The fraction of sp³-hybridized carbons (Fsp3) is 0. The van der Waals surface area contributed by atoms with E-state index in [-0.39, 0.29) is 0 Å². The minimum Gasteiger partial charge on any atom is -0.0610 e. The largest absolute Gasteiger partial charge is 0.0610 e. The van der Waals surface area contributed by atoms with Crippen LogP contribution in [-0.4, -0.2) is 0 Å². The maximum absolute atomic E-state index is 2.38. The molecule has 0 spiro atoms. The van der Waals surface area contributed by atoms with Gasteiger partial charge in [0.1, 0.15) is 0 Å². The number of hydrogen-bond donors (Lipinski definition) is 0. The van der Waals surface area contributed by atoms with E-state index in [1.165, 1.54) is 108 Å². The summed E-state index contributed by atoms with van der Waals surface area (Å²) in [5, 5.41) is 28.8. The molecule has 0 bridgehead atoms. The third kappa shape index (κ3) is 1.26. The molecule has 11 aromatic rings. The zero-order valence-electron chi connectivity index (χ0n) is 18.1. The number of fused-ring (bicyclic) bond motifs is 5. The summed E-state index contributed by atoms with van der Waals surface area (Å²) in [6.07, 6.45) is 0. The number of hydrogen-bond acceptors (Lipinski definition) is 0. The Labute approximate surface area is 192 Å². The first-order valence-electron chi connectivity index (χ1n) is 12.1. The van der Waals surface area contributed by atoms with Crippen LogP contribution < -0.4 is 0 Å². The van der Waals surface area contributed by atoms with E-state index < -0.39 is 0 Å². The van der Waals surface area contributed by atoms with Gasteiger partial charge in [0.2, 0.25) is 0 Å². The van der Waals surface area contributed by atoms with E-state index >= 15 is 0 Å². The van der Waals surface area contributed by atoms with E-state index in [1.807, 2.05) is 0 Å². The molecule has 150 valence electrons. The van der Waals surface area contributed by atoms with E-state index in [0.717, 1.165) is 0 Å². The van der Waals surface area contributed by atoms with Gasteiger partial charge in [0, 0.05) is 0 Å². The fourth-order valence-electron chi connectivity index (χ4n) is 8.15. The first kappa shape index (κ1) is 15.4. The summed E-state index contributed by atoms with van der Waals surface area (Å²) in [5.41, 5.74) is 0. The summed E-state index contributed by atoms with van der Waals surface area (Å²) in [6, 6.07) is 32.6.